The lowest BCUT2D eigenvalue weighted by molar-refractivity contribution is -0.208. The summed E-state index contributed by atoms with van der Waals surface area (Å²) in [6.45, 7) is 0. The predicted molar refractivity (Wildman–Crippen MR) is 54.6 cm³/mol. The summed E-state index contributed by atoms with van der Waals surface area (Å²) in [7, 11) is -5.85. The van der Waals surface area contributed by atoms with Crippen LogP contribution in [0.15, 0.2) is 0 Å². The number of esters is 1. The zero-order valence-electron chi connectivity index (χ0n) is 9.51. The van der Waals surface area contributed by atoms with Crippen LogP contribution < -0.4 is 0 Å². The molecule has 0 aromatic carbocycles. The predicted octanol–water partition coefficient (Wildman–Crippen LogP) is 0.378. The van der Waals surface area contributed by atoms with Gasteiger partial charge in [-0.05, 0) is 19.3 Å². The third-order valence-electron chi connectivity index (χ3n) is 4.48. The number of Topliss-reactive ketones (excluding diaryl/α,β-unsaturated/α-hetero) is 1. The molecule has 0 aromatic heterocycles. The van der Waals surface area contributed by atoms with E-state index in [1.54, 1.807) is 0 Å². The molecule has 0 spiro atoms. The summed E-state index contributed by atoms with van der Waals surface area (Å²) >= 11 is 0. The number of halogens is 2. The summed E-state index contributed by atoms with van der Waals surface area (Å²) < 4.78 is 60.1. The van der Waals surface area contributed by atoms with Crippen LogP contribution in [0.1, 0.15) is 19.3 Å². The molecule has 0 aromatic rings. The van der Waals surface area contributed by atoms with Crippen LogP contribution in [0.25, 0.3) is 0 Å². The average molecular weight is 296 g/mol. The molecule has 1 N–H and O–H groups in total. The fourth-order valence-corrected chi connectivity index (χ4v) is 3.87. The van der Waals surface area contributed by atoms with Gasteiger partial charge in [-0.15, -0.1) is 0 Å². The van der Waals surface area contributed by atoms with E-state index in [4.69, 9.17) is 4.55 Å². The maximum Gasteiger partial charge on any atom is 0.465 e. The average Bonchev–Trinajstić information content (AvgIpc) is 2.65. The van der Waals surface area contributed by atoms with Gasteiger partial charge < -0.3 is 4.74 Å². The number of carbonyl (C=O) groups excluding carboxylic acids is 2. The molecule has 6 nitrogen and oxygen atoms in total. The van der Waals surface area contributed by atoms with Crippen LogP contribution >= 0.6 is 0 Å². The molecule has 0 amide bonds. The Balaban J connectivity index is 1.79. The van der Waals surface area contributed by atoms with Crippen molar-refractivity contribution < 1.29 is 36.1 Å². The summed E-state index contributed by atoms with van der Waals surface area (Å²) in [4.78, 5) is 22.8. The quantitative estimate of drug-likeness (QED) is 0.597. The summed E-state index contributed by atoms with van der Waals surface area (Å²) in [6, 6.07) is 0. The van der Waals surface area contributed by atoms with Gasteiger partial charge >= 0.3 is 21.3 Å². The molecule has 2 bridgehead atoms. The minimum absolute atomic E-state index is 0.0736. The summed E-state index contributed by atoms with van der Waals surface area (Å²) in [5, 5.41) is -4.97. The maximum atomic E-state index is 13.1. The first-order valence-corrected chi connectivity index (χ1v) is 7.14. The lowest BCUT2D eigenvalue weighted by Gasteiger charge is -2.51. The Kier molecular flexibility index (Phi) is 2.26. The van der Waals surface area contributed by atoms with Crippen LogP contribution in [0.2, 0.25) is 0 Å². The molecule has 4 unspecified atom stereocenters. The van der Waals surface area contributed by atoms with Gasteiger partial charge in [0, 0.05) is 17.8 Å². The van der Waals surface area contributed by atoms with Crippen molar-refractivity contribution >= 4 is 21.9 Å². The lowest BCUT2D eigenvalue weighted by Crippen LogP contribution is -2.59. The van der Waals surface area contributed by atoms with Gasteiger partial charge in [0.25, 0.3) is 0 Å². The topological polar surface area (TPSA) is 97.7 Å². The van der Waals surface area contributed by atoms with E-state index >= 15 is 0 Å². The molecule has 3 aliphatic rings. The van der Waals surface area contributed by atoms with E-state index in [-0.39, 0.29) is 36.4 Å². The van der Waals surface area contributed by atoms with Crippen molar-refractivity contribution in [2.75, 3.05) is 0 Å². The Morgan fingerprint density at radius 1 is 1.42 bits per heavy atom. The summed E-state index contributed by atoms with van der Waals surface area (Å²) in [5.41, 5.74) is -1.14. The van der Waals surface area contributed by atoms with Crippen LogP contribution in [0.3, 0.4) is 0 Å². The smallest absolute Gasteiger partial charge is 0.453 e. The van der Waals surface area contributed by atoms with Crippen molar-refractivity contribution in [2.45, 2.75) is 30.1 Å². The molecule has 0 saturated heterocycles. The highest BCUT2D eigenvalue weighted by Gasteiger charge is 2.72. The fourth-order valence-electron chi connectivity index (χ4n) is 3.62. The van der Waals surface area contributed by atoms with Crippen molar-refractivity contribution in [3.63, 3.8) is 0 Å². The molecule has 0 heterocycles. The second-order valence-corrected chi connectivity index (χ2v) is 6.87. The Morgan fingerprint density at radius 2 is 2.05 bits per heavy atom. The number of hydrogen-bond donors (Lipinski definition) is 1. The summed E-state index contributed by atoms with van der Waals surface area (Å²) in [5.74, 6) is -3.02. The van der Waals surface area contributed by atoms with Crippen LogP contribution in [0.5, 0.6) is 0 Å². The first kappa shape index (κ1) is 12.9. The normalized spacial score (nSPS) is 40.2. The number of rotatable bonds is 3. The van der Waals surface area contributed by atoms with E-state index in [9.17, 15) is 26.8 Å². The van der Waals surface area contributed by atoms with Crippen molar-refractivity contribution in [1.82, 2.24) is 0 Å². The van der Waals surface area contributed by atoms with E-state index in [0.29, 0.717) is 6.42 Å². The van der Waals surface area contributed by atoms with E-state index < -0.39 is 26.9 Å². The molecule has 19 heavy (non-hydrogen) atoms. The molecule has 0 aliphatic heterocycles. The van der Waals surface area contributed by atoms with Crippen molar-refractivity contribution in [2.24, 2.45) is 17.8 Å². The SMILES string of the molecule is O=C1C2CC3C1CC3(OC(=O)C(F)(F)S(=O)(=O)O)C2. The van der Waals surface area contributed by atoms with Crippen LogP contribution in [0.4, 0.5) is 8.78 Å². The van der Waals surface area contributed by atoms with Gasteiger partial charge in [-0.2, -0.15) is 17.2 Å². The largest absolute Gasteiger partial charge is 0.465 e. The Morgan fingerprint density at radius 3 is 2.47 bits per heavy atom. The van der Waals surface area contributed by atoms with E-state index in [1.807, 2.05) is 0 Å². The zero-order valence-corrected chi connectivity index (χ0v) is 10.3. The Bertz CT molecular complexity index is 581. The van der Waals surface area contributed by atoms with Gasteiger partial charge in [0.05, 0.1) is 0 Å². The minimum atomic E-state index is -5.85. The molecule has 4 atom stereocenters. The Labute approximate surface area is 106 Å². The molecular weight excluding hydrogens is 286 g/mol. The highest BCUT2D eigenvalue weighted by molar-refractivity contribution is 7.87. The third kappa shape index (κ3) is 1.45. The molecule has 3 rings (SSSR count). The number of hydrogen-bond acceptors (Lipinski definition) is 5. The van der Waals surface area contributed by atoms with Crippen molar-refractivity contribution in [1.29, 1.82) is 0 Å². The molecule has 0 radical (unpaired) electrons. The number of ether oxygens (including phenoxy) is 1. The standard InChI is InChI=1S/C10H10F2O6S/c11-10(12,19(15,16)17)8(14)18-9-2-4-1-6(9)5(3-9)7(4)13/h4-6H,1-3H2,(H,15,16,17). The summed E-state index contributed by atoms with van der Waals surface area (Å²) in [6.07, 6.45) is 0.828. The Hall–Kier alpha value is -1.09. The lowest BCUT2D eigenvalue weighted by atomic mass is 9.59. The van der Waals surface area contributed by atoms with Gasteiger partial charge in [-0.1, -0.05) is 0 Å². The minimum Gasteiger partial charge on any atom is -0.453 e. The second-order valence-electron chi connectivity index (χ2n) is 5.40. The van der Waals surface area contributed by atoms with Crippen LogP contribution in [0, 0.1) is 17.8 Å². The molecule has 9 heteroatoms. The van der Waals surface area contributed by atoms with Gasteiger partial charge in [-0.25, -0.2) is 4.79 Å². The first-order valence-electron chi connectivity index (χ1n) is 5.70. The van der Waals surface area contributed by atoms with Gasteiger partial charge in [0.1, 0.15) is 11.4 Å². The first-order chi connectivity index (χ1) is 8.58. The highest BCUT2D eigenvalue weighted by Crippen LogP contribution is 2.65. The van der Waals surface area contributed by atoms with Crippen molar-refractivity contribution in [3.8, 4) is 0 Å². The van der Waals surface area contributed by atoms with E-state index in [2.05, 4.69) is 4.74 Å². The maximum absolute atomic E-state index is 13.1. The van der Waals surface area contributed by atoms with Gasteiger partial charge in [0.2, 0.25) is 0 Å². The number of alkyl halides is 2. The second kappa shape index (κ2) is 3.32. The number of carbonyl (C=O) groups is 2. The zero-order chi connectivity index (χ0) is 14.2. The van der Waals surface area contributed by atoms with Crippen LogP contribution in [-0.4, -0.2) is 35.6 Å². The van der Waals surface area contributed by atoms with Gasteiger partial charge in [0.15, 0.2) is 0 Å². The highest BCUT2D eigenvalue weighted by atomic mass is 32.2. The molecule has 106 valence electrons. The molecule has 3 aliphatic carbocycles. The van der Waals surface area contributed by atoms with E-state index in [0.717, 1.165) is 0 Å². The molecule has 3 saturated carbocycles. The van der Waals surface area contributed by atoms with Crippen molar-refractivity contribution in [3.05, 3.63) is 0 Å². The monoisotopic (exact) mass is 296 g/mol. The molecule has 3 fully saturated rings. The van der Waals surface area contributed by atoms with E-state index in [1.165, 1.54) is 0 Å². The fraction of sp³-hybridized carbons (Fsp3) is 0.800. The molecular formula is C10H10F2O6S. The number of fused-ring (bicyclic) bond motifs is 1. The van der Waals surface area contributed by atoms with Gasteiger partial charge in [-0.3, -0.25) is 9.35 Å². The van der Waals surface area contributed by atoms with Crippen LogP contribution in [-0.2, 0) is 24.4 Å². The third-order valence-corrected chi connectivity index (χ3v) is 5.30. The number of ketones is 1.